The second-order valence-corrected chi connectivity index (χ2v) is 7.38. The molecule has 0 spiro atoms. The molecular weight excluding hydrogens is 481 g/mol. The fourth-order valence-electron chi connectivity index (χ4n) is 3.23. The predicted octanol–water partition coefficient (Wildman–Crippen LogP) is 4.07. The third-order valence-electron chi connectivity index (χ3n) is 4.63. The quantitative estimate of drug-likeness (QED) is 0.219. The van der Waals surface area contributed by atoms with Gasteiger partial charge in [-0.15, -0.1) is 24.0 Å². The first-order chi connectivity index (χ1) is 13.6. The number of rotatable bonds is 10. The van der Waals surface area contributed by atoms with Gasteiger partial charge in [0.25, 0.3) is 0 Å². The zero-order chi connectivity index (χ0) is 20.2. The first-order valence-corrected chi connectivity index (χ1v) is 10.5. The van der Waals surface area contributed by atoms with E-state index in [4.69, 9.17) is 19.2 Å². The Labute approximate surface area is 193 Å². The predicted molar refractivity (Wildman–Crippen MR) is 129 cm³/mol. The normalized spacial score (nSPS) is 15.3. The molecule has 0 amide bonds. The lowest BCUT2D eigenvalue weighted by atomic mass is 10.1. The van der Waals surface area contributed by atoms with E-state index in [2.05, 4.69) is 29.3 Å². The van der Waals surface area contributed by atoms with E-state index in [0.29, 0.717) is 12.6 Å². The van der Waals surface area contributed by atoms with E-state index in [-0.39, 0.29) is 30.1 Å². The first kappa shape index (κ1) is 26.0. The minimum absolute atomic E-state index is 0. The number of hydrogen-bond donors (Lipinski definition) is 1. The fourth-order valence-corrected chi connectivity index (χ4v) is 3.23. The molecule has 166 valence electrons. The summed E-state index contributed by atoms with van der Waals surface area (Å²) in [5.41, 5.74) is 1.18. The van der Waals surface area contributed by atoms with Gasteiger partial charge in [0.1, 0.15) is 5.75 Å². The van der Waals surface area contributed by atoms with E-state index < -0.39 is 0 Å². The number of halogens is 1. The zero-order valence-corrected chi connectivity index (χ0v) is 20.7. The van der Waals surface area contributed by atoms with Crippen LogP contribution < -0.4 is 10.1 Å². The second kappa shape index (κ2) is 14.8. The Morgan fingerprint density at radius 1 is 1.17 bits per heavy atom. The topological polar surface area (TPSA) is 55.3 Å². The maximum atomic E-state index is 5.96. The molecule has 1 fully saturated rings. The maximum absolute atomic E-state index is 5.96. The van der Waals surface area contributed by atoms with Gasteiger partial charge in [-0.05, 0) is 57.7 Å². The van der Waals surface area contributed by atoms with Crippen molar-refractivity contribution >= 4 is 29.9 Å². The molecule has 1 N–H and O–H groups in total. The number of ether oxygens (including phenoxy) is 3. The van der Waals surface area contributed by atoms with E-state index in [9.17, 15) is 0 Å². The van der Waals surface area contributed by atoms with Crippen molar-refractivity contribution in [2.45, 2.75) is 58.8 Å². The van der Waals surface area contributed by atoms with Crippen molar-refractivity contribution < 1.29 is 14.2 Å². The largest absolute Gasteiger partial charge is 0.491 e. The Balaban J connectivity index is 0.00000420. The third-order valence-corrected chi connectivity index (χ3v) is 4.63. The van der Waals surface area contributed by atoms with Crippen LogP contribution in [-0.2, 0) is 16.0 Å². The molecule has 1 aliphatic rings. The van der Waals surface area contributed by atoms with E-state index in [1.807, 2.05) is 26.0 Å². The lowest BCUT2D eigenvalue weighted by molar-refractivity contribution is 0.00990. The molecular formula is C22H38IN3O3. The highest BCUT2D eigenvalue weighted by Crippen LogP contribution is 2.16. The van der Waals surface area contributed by atoms with Crippen molar-refractivity contribution in [2.24, 2.45) is 4.99 Å². The number of guanidine groups is 1. The van der Waals surface area contributed by atoms with Crippen molar-refractivity contribution in [3.05, 3.63) is 29.8 Å². The van der Waals surface area contributed by atoms with Gasteiger partial charge >= 0.3 is 0 Å². The standard InChI is InChI=1S/C22H37N3O3.HI/c1-5-23-22(24-17-19-7-9-21(10-8-19)28-18(2)3)25-13-11-20(12-14-25)27-16-6-15-26-4;/h7-10,18,20H,5-6,11-17H2,1-4H3,(H,23,24);1H. The van der Waals surface area contributed by atoms with E-state index in [0.717, 1.165) is 63.8 Å². The molecule has 1 saturated heterocycles. The average molecular weight is 519 g/mol. The molecule has 0 radical (unpaired) electrons. The lowest BCUT2D eigenvalue weighted by Crippen LogP contribution is -2.47. The van der Waals surface area contributed by atoms with Crippen LogP contribution in [0.3, 0.4) is 0 Å². The van der Waals surface area contributed by atoms with Crippen LogP contribution in [0.5, 0.6) is 5.75 Å². The van der Waals surface area contributed by atoms with Crippen LogP contribution in [0.4, 0.5) is 0 Å². The summed E-state index contributed by atoms with van der Waals surface area (Å²) in [7, 11) is 1.73. The molecule has 1 heterocycles. The summed E-state index contributed by atoms with van der Waals surface area (Å²) >= 11 is 0. The number of aliphatic imine (C=N–C) groups is 1. The monoisotopic (exact) mass is 519 g/mol. The summed E-state index contributed by atoms with van der Waals surface area (Å²) in [5.74, 6) is 1.89. The van der Waals surface area contributed by atoms with Crippen LogP contribution in [0, 0.1) is 0 Å². The van der Waals surface area contributed by atoms with Gasteiger partial charge < -0.3 is 24.4 Å². The molecule has 0 atom stereocenters. The third kappa shape index (κ3) is 10.00. The van der Waals surface area contributed by atoms with E-state index in [1.165, 1.54) is 5.56 Å². The van der Waals surface area contributed by atoms with Gasteiger partial charge in [-0.2, -0.15) is 0 Å². The molecule has 1 aromatic rings. The van der Waals surface area contributed by atoms with Crippen LogP contribution in [0.1, 0.15) is 45.6 Å². The van der Waals surface area contributed by atoms with Gasteiger partial charge in [-0.1, -0.05) is 12.1 Å². The summed E-state index contributed by atoms with van der Waals surface area (Å²) in [6, 6.07) is 8.21. The molecule has 0 bridgehead atoms. The highest BCUT2D eigenvalue weighted by molar-refractivity contribution is 14.0. The lowest BCUT2D eigenvalue weighted by Gasteiger charge is -2.34. The molecule has 1 aromatic carbocycles. The smallest absolute Gasteiger partial charge is 0.194 e. The van der Waals surface area contributed by atoms with E-state index in [1.54, 1.807) is 7.11 Å². The van der Waals surface area contributed by atoms with Crippen molar-refractivity contribution in [3.63, 3.8) is 0 Å². The molecule has 0 aromatic heterocycles. The molecule has 29 heavy (non-hydrogen) atoms. The van der Waals surface area contributed by atoms with E-state index >= 15 is 0 Å². The number of piperidine rings is 1. The molecule has 1 aliphatic heterocycles. The maximum Gasteiger partial charge on any atom is 0.194 e. The van der Waals surface area contributed by atoms with Gasteiger partial charge in [0.05, 0.1) is 18.8 Å². The van der Waals surface area contributed by atoms with Crippen molar-refractivity contribution in [1.82, 2.24) is 10.2 Å². The number of methoxy groups -OCH3 is 1. The van der Waals surface area contributed by atoms with Crippen LogP contribution in [0.25, 0.3) is 0 Å². The van der Waals surface area contributed by atoms with Gasteiger partial charge in [0.2, 0.25) is 0 Å². The van der Waals surface area contributed by atoms with Crippen molar-refractivity contribution in [1.29, 1.82) is 0 Å². The van der Waals surface area contributed by atoms with Gasteiger partial charge in [-0.3, -0.25) is 0 Å². The van der Waals surface area contributed by atoms with Crippen molar-refractivity contribution in [2.75, 3.05) is 40.0 Å². The number of hydrogen-bond acceptors (Lipinski definition) is 4. The summed E-state index contributed by atoms with van der Waals surface area (Å²) < 4.78 is 16.7. The number of likely N-dealkylation sites (tertiary alicyclic amines) is 1. The average Bonchev–Trinajstić information content (AvgIpc) is 2.70. The molecule has 0 aliphatic carbocycles. The summed E-state index contributed by atoms with van der Waals surface area (Å²) in [6.07, 6.45) is 3.58. The molecule has 0 unspecified atom stereocenters. The minimum Gasteiger partial charge on any atom is -0.491 e. The SMILES string of the molecule is CCNC(=NCc1ccc(OC(C)C)cc1)N1CCC(OCCCOC)CC1.I. The summed E-state index contributed by atoms with van der Waals surface area (Å²) in [4.78, 5) is 7.18. The highest BCUT2D eigenvalue weighted by Gasteiger charge is 2.21. The van der Waals surface area contributed by atoms with Gasteiger partial charge in [-0.25, -0.2) is 4.99 Å². The van der Waals surface area contributed by atoms with Crippen LogP contribution >= 0.6 is 24.0 Å². The molecule has 7 heteroatoms. The Morgan fingerprint density at radius 2 is 1.86 bits per heavy atom. The Hall–Kier alpha value is -1.06. The van der Waals surface area contributed by atoms with Gasteiger partial charge in [0, 0.05) is 40.0 Å². The van der Waals surface area contributed by atoms with Crippen LogP contribution in [0.2, 0.25) is 0 Å². The molecule has 6 nitrogen and oxygen atoms in total. The van der Waals surface area contributed by atoms with Gasteiger partial charge in [0.15, 0.2) is 5.96 Å². The van der Waals surface area contributed by atoms with Crippen molar-refractivity contribution in [3.8, 4) is 5.75 Å². The second-order valence-electron chi connectivity index (χ2n) is 7.38. The number of nitrogens with zero attached hydrogens (tertiary/aromatic N) is 2. The zero-order valence-electron chi connectivity index (χ0n) is 18.4. The molecule has 0 saturated carbocycles. The highest BCUT2D eigenvalue weighted by atomic mass is 127. The summed E-state index contributed by atoms with van der Waals surface area (Å²) in [6.45, 7) is 11.2. The first-order valence-electron chi connectivity index (χ1n) is 10.5. The Bertz CT molecular complexity index is 573. The van der Waals surface area contributed by atoms with Crippen LogP contribution in [-0.4, -0.2) is 63.0 Å². The number of benzene rings is 1. The molecule has 2 rings (SSSR count). The Kier molecular flexibility index (Phi) is 13.3. The number of nitrogens with one attached hydrogen (secondary N) is 1. The minimum atomic E-state index is 0. The Morgan fingerprint density at radius 3 is 2.45 bits per heavy atom. The fraction of sp³-hybridized carbons (Fsp3) is 0.682. The van der Waals surface area contributed by atoms with Crippen LogP contribution in [0.15, 0.2) is 29.3 Å². The summed E-state index contributed by atoms with van der Waals surface area (Å²) in [5, 5.41) is 3.43.